The van der Waals surface area contributed by atoms with Gasteiger partial charge >= 0.3 is 5.97 Å². The molecule has 7 heteroatoms. The van der Waals surface area contributed by atoms with E-state index in [1.807, 2.05) is 84.6 Å². The summed E-state index contributed by atoms with van der Waals surface area (Å²) in [5.41, 5.74) is 1.53. The Kier molecular flexibility index (Phi) is 10.8. The molecule has 0 radical (unpaired) electrons. The first-order chi connectivity index (χ1) is 17.4. The van der Waals surface area contributed by atoms with Crippen molar-refractivity contribution in [3.8, 4) is 11.5 Å². The van der Waals surface area contributed by atoms with Gasteiger partial charge in [-0.15, -0.1) is 0 Å². The van der Waals surface area contributed by atoms with E-state index in [0.717, 1.165) is 5.56 Å². The summed E-state index contributed by atoms with van der Waals surface area (Å²) in [6.07, 6.45) is -0.840. The number of carbonyl (C=O) groups is 1. The lowest BCUT2D eigenvalue weighted by molar-refractivity contribution is 0.0167. The minimum Gasteiger partial charge on any atom is -0.491 e. The highest BCUT2D eigenvalue weighted by molar-refractivity contribution is 5.89. The quantitative estimate of drug-likeness (QED) is 0.332. The molecular formula is C29H35NO6. The van der Waals surface area contributed by atoms with Gasteiger partial charge in [-0.25, -0.2) is 4.79 Å². The molecule has 0 bridgehead atoms. The highest BCUT2D eigenvalue weighted by Crippen LogP contribution is 2.15. The molecule has 0 aliphatic heterocycles. The lowest BCUT2D eigenvalue weighted by atomic mass is 10.0. The van der Waals surface area contributed by atoms with E-state index in [1.165, 1.54) is 7.11 Å². The second-order valence-corrected chi connectivity index (χ2v) is 8.75. The average Bonchev–Trinajstić information content (AvgIpc) is 2.91. The summed E-state index contributed by atoms with van der Waals surface area (Å²) in [5.74, 6) is 1.01. The maximum absolute atomic E-state index is 11.7. The largest absolute Gasteiger partial charge is 0.491 e. The van der Waals surface area contributed by atoms with Gasteiger partial charge in [0, 0.05) is 19.1 Å². The molecule has 0 aromatic heterocycles. The molecule has 36 heavy (non-hydrogen) atoms. The molecule has 0 amide bonds. The molecule has 0 saturated carbocycles. The maximum atomic E-state index is 11.7. The first-order valence-electron chi connectivity index (χ1n) is 12.1. The number of esters is 1. The molecule has 3 rings (SSSR count). The third-order valence-corrected chi connectivity index (χ3v) is 5.79. The highest BCUT2D eigenvalue weighted by Gasteiger charge is 2.22. The Morgan fingerprint density at radius 1 is 0.778 bits per heavy atom. The van der Waals surface area contributed by atoms with Crippen molar-refractivity contribution < 1.29 is 29.2 Å². The van der Waals surface area contributed by atoms with Crippen molar-refractivity contribution in [2.75, 3.05) is 33.4 Å². The topological polar surface area (TPSA) is 88.5 Å². The van der Waals surface area contributed by atoms with Gasteiger partial charge in [-0.1, -0.05) is 48.5 Å². The summed E-state index contributed by atoms with van der Waals surface area (Å²) < 4.78 is 16.2. The smallest absolute Gasteiger partial charge is 0.337 e. The summed E-state index contributed by atoms with van der Waals surface area (Å²) in [6.45, 7) is 2.95. The zero-order chi connectivity index (χ0) is 25.8. The zero-order valence-electron chi connectivity index (χ0n) is 20.8. The van der Waals surface area contributed by atoms with Gasteiger partial charge in [-0.05, 0) is 55.3 Å². The van der Waals surface area contributed by atoms with Crippen LogP contribution < -0.4 is 9.47 Å². The lowest BCUT2D eigenvalue weighted by Crippen LogP contribution is -2.46. The van der Waals surface area contributed by atoms with E-state index in [9.17, 15) is 15.0 Å². The number of para-hydroxylation sites is 2. The molecule has 0 fully saturated rings. The standard InChI is InChI=1S/C29H35NO6/c1-22(17-23-13-15-24(16-14-23)29(33)34-2)30(18-25(31)20-35-27-9-5-3-6-10-27)19-26(32)21-36-28-11-7-4-8-12-28/h3-16,22,25-26,31-32H,17-21H2,1-2H3/t22-,25+,26+/m1/s1. The Labute approximate surface area is 212 Å². The van der Waals surface area contributed by atoms with Crippen LogP contribution in [0.5, 0.6) is 11.5 Å². The van der Waals surface area contributed by atoms with Crippen LogP contribution in [0, 0.1) is 0 Å². The summed E-state index contributed by atoms with van der Waals surface area (Å²) in [7, 11) is 1.36. The second-order valence-electron chi connectivity index (χ2n) is 8.75. The number of aliphatic hydroxyl groups excluding tert-OH is 2. The molecule has 192 valence electrons. The normalized spacial score (nSPS) is 13.6. The highest BCUT2D eigenvalue weighted by atomic mass is 16.5. The number of methoxy groups -OCH3 is 1. The number of benzene rings is 3. The maximum Gasteiger partial charge on any atom is 0.337 e. The number of hydrogen-bond acceptors (Lipinski definition) is 7. The number of hydrogen-bond donors (Lipinski definition) is 2. The summed E-state index contributed by atoms with van der Waals surface area (Å²) >= 11 is 0. The van der Waals surface area contributed by atoms with Crippen LogP contribution in [0.15, 0.2) is 84.9 Å². The molecule has 0 aliphatic rings. The fraction of sp³-hybridized carbons (Fsp3) is 0.345. The zero-order valence-corrected chi connectivity index (χ0v) is 20.8. The van der Waals surface area contributed by atoms with Gasteiger partial charge < -0.3 is 24.4 Å². The first-order valence-corrected chi connectivity index (χ1v) is 12.1. The van der Waals surface area contributed by atoms with Gasteiger partial charge in [0.15, 0.2) is 0 Å². The summed E-state index contributed by atoms with van der Waals surface area (Å²) in [6, 6.07) is 26.0. The van der Waals surface area contributed by atoms with E-state index < -0.39 is 12.2 Å². The number of rotatable bonds is 14. The van der Waals surface area contributed by atoms with Gasteiger partial charge in [0.05, 0.1) is 12.7 Å². The molecule has 3 aromatic carbocycles. The second kappa shape index (κ2) is 14.2. The first kappa shape index (κ1) is 27.2. The van der Waals surface area contributed by atoms with Crippen molar-refractivity contribution in [1.29, 1.82) is 0 Å². The molecule has 3 aromatic rings. The third kappa shape index (κ3) is 9.00. The van der Waals surface area contributed by atoms with Gasteiger partial charge in [-0.3, -0.25) is 4.90 Å². The van der Waals surface area contributed by atoms with Crippen molar-refractivity contribution >= 4 is 5.97 Å². The van der Waals surface area contributed by atoms with Crippen molar-refractivity contribution in [1.82, 2.24) is 4.90 Å². The van der Waals surface area contributed by atoms with Crippen molar-refractivity contribution in [3.05, 3.63) is 96.1 Å². The average molecular weight is 494 g/mol. The van der Waals surface area contributed by atoms with Crippen LogP contribution in [0.4, 0.5) is 0 Å². The number of nitrogens with zero attached hydrogens (tertiary/aromatic N) is 1. The van der Waals surface area contributed by atoms with Crippen LogP contribution in [0.2, 0.25) is 0 Å². The molecule has 3 atom stereocenters. The Balaban J connectivity index is 1.61. The minimum absolute atomic E-state index is 0.00766. The van der Waals surface area contributed by atoms with Gasteiger partial charge in [0.2, 0.25) is 0 Å². The van der Waals surface area contributed by atoms with Crippen LogP contribution in [0.3, 0.4) is 0 Å². The Morgan fingerprint density at radius 2 is 1.25 bits per heavy atom. The molecule has 0 unspecified atom stereocenters. The molecule has 0 spiro atoms. The minimum atomic E-state index is -0.753. The number of carbonyl (C=O) groups excluding carboxylic acids is 1. The Bertz CT molecular complexity index is 977. The van der Waals surface area contributed by atoms with Gasteiger partial charge in [0.25, 0.3) is 0 Å². The van der Waals surface area contributed by atoms with E-state index in [0.29, 0.717) is 36.6 Å². The molecule has 0 heterocycles. The molecule has 7 nitrogen and oxygen atoms in total. The van der Waals surface area contributed by atoms with Crippen molar-refractivity contribution in [3.63, 3.8) is 0 Å². The molecular weight excluding hydrogens is 458 g/mol. The van der Waals surface area contributed by atoms with E-state index >= 15 is 0 Å². The Morgan fingerprint density at radius 3 is 1.69 bits per heavy atom. The summed E-state index contributed by atoms with van der Waals surface area (Å²) in [4.78, 5) is 13.8. The van der Waals surface area contributed by atoms with Crippen molar-refractivity contribution in [2.24, 2.45) is 0 Å². The monoisotopic (exact) mass is 493 g/mol. The van der Waals surface area contributed by atoms with E-state index in [4.69, 9.17) is 14.2 Å². The van der Waals surface area contributed by atoms with E-state index in [-0.39, 0.29) is 25.2 Å². The molecule has 0 aliphatic carbocycles. The Hall–Kier alpha value is -3.39. The van der Waals surface area contributed by atoms with Gasteiger partial charge in [0.1, 0.15) is 36.9 Å². The van der Waals surface area contributed by atoms with Crippen LogP contribution in [-0.4, -0.2) is 72.7 Å². The van der Waals surface area contributed by atoms with Crippen LogP contribution in [-0.2, 0) is 11.2 Å². The van der Waals surface area contributed by atoms with Gasteiger partial charge in [-0.2, -0.15) is 0 Å². The van der Waals surface area contributed by atoms with Crippen LogP contribution in [0.1, 0.15) is 22.8 Å². The predicted octanol–water partition coefficient (Wildman–Crippen LogP) is 3.59. The number of aliphatic hydroxyl groups is 2. The van der Waals surface area contributed by atoms with E-state index in [2.05, 4.69) is 0 Å². The fourth-order valence-corrected chi connectivity index (χ4v) is 3.86. The third-order valence-electron chi connectivity index (χ3n) is 5.79. The molecule has 0 saturated heterocycles. The van der Waals surface area contributed by atoms with Crippen LogP contribution in [0.25, 0.3) is 0 Å². The molecule has 2 N–H and O–H groups in total. The van der Waals surface area contributed by atoms with E-state index in [1.54, 1.807) is 12.1 Å². The van der Waals surface area contributed by atoms with Crippen molar-refractivity contribution in [2.45, 2.75) is 31.6 Å². The summed E-state index contributed by atoms with van der Waals surface area (Å²) in [5, 5.41) is 21.4. The lowest BCUT2D eigenvalue weighted by Gasteiger charge is -2.32. The SMILES string of the molecule is COC(=O)c1ccc(C[C@@H](C)N(C[C@H](O)COc2ccccc2)C[C@H](O)COc2ccccc2)cc1. The fourth-order valence-electron chi connectivity index (χ4n) is 3.86. The predicted molar refractivity (Wildman–Crippen MR) is 138 cm³/mol. The van der Waals surface area contributed by atoms with Crippen LogP contribution >= 0.6 is 0 Å². The number of ether oxygens (including phenoxy) is 3.